The average Bonchev–Trinajstić information content (AvgIpc) is 1.64. The summed E-state index contributed by atoms with van der Waals surface area (Å²) < 4.78 is 34.4. The van der Waals surface area contributed by atoms with Gasteiger partial charge >= 0.3 is 6.18 Å². The Balaban J connectivity index is 3.88. The molecule has 0 spiro atoms. The minimum atomic E-state index is -4.30. The van der Waals surface area contributed by atoms with E-state index >= 15 is 0 Å². The Bertz CT molecular complexity index is 105. The maximum atomic E-state index is 11.5. The monoisotopic (exact) mass is 139 g/mol. The van der Waals surface area contributed by atoms with E-state index in [1.165, 1.54) is 13.0 Å². The SMILES string of the molecule is CC=CC(N)C(F)(F)F. The second-order valence-corrected chi connectivity index (χ2v) is 1.59. The summed E-state index contributed by atoms with van der Waals surface area (Å²) in [5, 5.41) is 0. The summed E-state index contributed by atoms with van der Waals surface area (Å²) in [6.45, 7) is 1.49. The predicted octanol–water partition coefficient (Wildman–Crippen LogP) is 1.45. The minimum absolute atomic E-state index is 0.903. The zero-order valence-corrected chi connectivity index (χ0v) is 4.94. The van der Waals surface area contributed by atoms with Crippen LogP contribution in [0.2, 0.25) is 0 Å². The quantitative estimate of drug-likeness (QED) is 0.546. The van der Waals surface area contributed by atoms with Crippen LogP contribution in [0.1, 0.15) is 6.92 Å². The van der Waals surface area contributed by atoms with Gasteiger partial charge in [-0.05, 0) is 6.92 Å². The van der Waals surface area contributed by atoms with Gasteiger partial charge in [-0.1, -0.05) is 12.2 Å². The van der Waals surface area contributed by atoms with Crippen molar-refractivity contribution in [1.82, 2.24) is 0 Å². The Morgan fingerprint density at radius 3 is 2.00 bits per heavy atom. The predicted molar refractivity (Wildman–Crippen MR) is 28.8 cm³/mol. The van der Waals surface area contributed by atoms with Gasteiger partial charge in [0.15, 0.2) is 0 Å². The van der Waals surface area contributed by atoms with Crippen LogP contribution in [0.15, 0.2) is 12.2 Å². The molecule has 1 nitrogen and oxygen atoms in total. The summed E-state index contributed by atoms with van der Waals surface area (Å²) in [5.74, 6) is 0. The molecule has 0 aliphatic heterocycles. The first-order chi connectivity index (χ1) is 3.98. The summed E-state index contributed by atoms with van der Waals surface area (Å²) in [6, 6.07) is -1.82. The third-order valence-electron chi connectivity index (χ3n) is 0.778. The molecule has 0 aromatic heterocycles. The van der Waals surface area contributed by atoms with Crippen LogP contribution in [0.4, 0.5) is 13.2 Å². The van der Waals surface area contributed by atoms with Crippen molar-refractivity contribution in [3.05, 3.63) is 12.2 Å². The van der Waals surface area contributed by atoms with Crippen molar-refractivity contribution in [2.75, 3.05) is 0 Å². The van der Waals surface area contributed by atoms with Crippen LogP contribution in [0.3, 0.4) is 0 Å². The Hall–Kier alpha value is -0.510. The van der Waals surface area contributed by atoms with Gasteiger partial charge in [0.05, 0.1) is 0 Å². The molecule has 0 saturated heterocycles. The zero-order chi connectivity index (χ0) is 7.49. The molecule has 1 atom stereocenters. The van der Waals surface area contributed by atoms with Crippen LogP contribution in [0.25, 0.3) is 0 Å². The Morgan fingerprint density at radius 1 is 1.44 bits per heavy atom. The summed E-state index contributed by atoms with van der Waals surface area (Å²) in [6.07, 6.45) is -2.12. The highest BCUT2D eigenvalue weighted by Crippen LogP contribution is 2.18. The molecule has 2 N–H and O–H groups in total. The molecule has 4 heteroatoms. The molecule has 0 saturated carbocycles. The standard InChI is InChI=1S/C5H8F3N/c1-2-3-4(9)5(6,7)8/h2-4H,9H2,1H3. The smallest absolute Gasteiger partial charge is 0.317 e. The molecule has 0 aliphatic carbocycles. The molecule has 0 aliphatic rings. The Morgan fingerprint density at radius 2 is 1.89 bits per heavy atom. The highest BCUT2D eigenvalue weighted by atomic mass is 19.4. The second kappa shape index (κ2) is 2.87. The van der Waals surface area contributed by atoms with Gasteiger partial charge in [-0.25, -0.2) is 0 Å². The van der Waals surface area contributed by atoms with Gasteiger partial charge in [-0.2, -0.15) is 13.2 Å². The van der Waals surface area contributed by atoms with Crippen molar-refractivity contribution in [3.63, 3.8) is 0 Å². The summed E-state index contributed by atoms with van der Waals surface area (Å²) >= 11 is 0. The van der Waals surface area contributed by atoms with Gasteiger partial charge in [0.1, 0.15) is 6.04 Å². The first-order valence-corrected chi connectivity index (χ1v) is 2.43. The van der Waals surface area contributed by atoms with Crippen LogP contribution >= 0.6 is 0 Å². The van der Waals surface area contributed by atoms with Gasteiger partial charge in [0.2, 0.25) is 0 Å². The fraction of sp³-hybridized carbons (Fsp3) is 0.600. The van der Waals surface area contributed by atoms with Crippen molar-refractivity contribution < 1.29 is 13.2 Å². The summed E-state index contributed by atoms with van der Waals surface area (Å²) in [7, 11) is 0. The molecule has 9 heavy (non-hydrogen) atoms. The number of hydrogen-bond acceptors (Lipinski definition) is 1. The number of rotatable bonds is 1. The van der Waals surface area contributed by atoms with E-state index in [1.54, 1.807) is 0 Å². The molecule has 0 rings (SSSR count). The van der Waals surface area contributed by atoms with Crippen molar-refractivity contribution in [1.29, 1.82) is 0 Å². The largest absolute Gasteiger partial charge is 0.407 e. The molecule has 0 bridgehead atoms. The van der Waals surface area contributed by atoms with Crippen LogP contribution in [0, 0.1) is 0 Å². The molecule has 1 unspecified atom stereocenters. The fourth-order valence-corrected chi connectivity index (χ4v) is 0.316. The second-order valence-electron chi connectivity index (χ2n) is 1.59. The highest BCUT2D eigenvalue weighted by Gasteiger charge is 2.34. The lowest BCUT2D eigenvalue weighted by molar-refractivity contribution is -0.136. The van der Waals surface area contributed by atoms with Crippen LogP contribution < -0.4 is 5.73 Å². The Labute approximate surface area is 51.3 Å². The van der Waals surface area contributed by atoms with Gasteiger partial charge in [0, 0.05) is 0 Å². The van der Waals surface area contributed by atoms with Gasteiger partial charge in [0.25, 0.3) is 0 Å². The molecule has 0 aromatic rings. The van der Waals surface area contributed by atoms with E-state index in [-0.39, 0.29) is 0 Å². The van der Waals surface area contributed by atoms with Gasteiger partial charge in [-0.15, -0.1) is 0 Å². The molecule has 0 fully saturated rings. The minimum Gasteiger partial charge on any atom is -0.317 e. The molecular weight excluding hydrogens is 131 g/mol. The molecule has 0 amide bonds. The van der Waals surface area contributed by atoms with Gasteiger partial charge in [-0.3, -0.25) is 0 Å². The van der Waals surface area contributed by atoms with E-state index in [0.29, 0.717) is 0 Å². The van der Waals surface area contributed by atoms with Crippen LogP contribution in [-0.2, 0) is 0 Å². The summed E-state index contributed by atoms with van der Waals surface area (Å²) in [5.41, 5.74) is 4.65. The van der Waals surface area contributed by atoms with E-state index in [1.807, 2.05) is 0 Å². The van der Waals surface area contributed by atoms with Crippen molar-refractivity contribution >= 4 is 0 Å². The lowest BCUT2D eigenvalue weighted by Gasteiger charge is -2.09. The highest BCUT2D eigenvalue weighted by molar-refractivity contribution is 4.93. The lowest BCUT2D eigenvalue weighted by Crippen LogP contribution is -2.35. The van der Waals surface area contributed by atoms with Crippen LogP contribution in [-0.4, -0.2) is 12.2 Å². The molecular formula is C5H8F3N. The molecule has 0 radical (unpaired) electrons. The molecule has 0 aromatic carbocycles. The molecule has 0 heterocycles. The van der Waals surface area contributed by atoms with Crippen LogP contribution in [0.5, 0.6) is 0 Å². The van der Waals surface area contributed by atoms with Crippen molar-refractivity contribution in [3.8, 4) is 0 Å². The number of hydrogen-bond donors (Lipinski definition) is 1. The fourth-order valence-electron chi connectivity index (χ4n) is 0.316. The number of alkyl halides is 3. The topological polar surface area (TPSA) is 26.0 Å². The van der Waals surface area contributed by atoms with Gasteiger partial charge < -0.3 is 5.73 Å². The van der Waals surface area contributed by atoms with E-state index in [9.17, 15) is 13.2 Å². The first kappa shape index (κ1) is 8.49. The third-order valence-corrected chi connectivity index (χ3v) is 0.778. The first-order valence-electron chi connectivity index (χ1n) is 2.43. The number of nitrogens with two attached hydrogens (primary N) is 1. The lowest BCUT2D eigenvalue weighted by atomic mass is 10.3. The van der Waals surface area contributed by atoms with E-state index in [4.69, 9.17) is 0 Å². The maximum Gasteiger partial charge on any atom is 0.407 e. The Kier molecular flexibility index (Phi) is 2.70. The molecule has 54 valence electrons. The van der Waals surface area contributed by atoms with E-state index in [0.717, 1.165) is 6.08 Å². The maximum absolute atomic E-state index is 11.5. The average molecular weight is 139 g/mol. The number of allylic oxidation sites excluding steroid dienone is 1. The number of halogens is 3. The van der Waals surface area contributed by atoms with Crippen molar-refractivity contribution in [2.45, 2.75) is 19.1 Å². The normalized spacial score (nSPS) is 16.6. The van der Waals surface area contributed by atoms with E-state index < -0.39 is 12.2 Å². The van der Waals surface area contributed by atoms with Crippen molar-refractivity contribution in [2.24, 2.45) is 5.73 Å². The van der Waals surface area contributed by atoms with E-state index in [2.05, 4.69) is 5.73 Å². The zero-order valence-electron chi connectivity index (χ0n) is 4.94. The summed E-state index contributed by atoms with van der Waals surface area (Å²) in [4.78, 5) is 0. The third kappa shape index (κ3) is 3.13.